The zero-order valence-corrected chi connectivity index (χ0v) is 11.9. The molecule has 1 aliphatic rings. The van der Waals surface area contributed by atoms with Gasteiger partial charge in [0.05, 0.1) is 10.7 Å². The van der Waals surface area contributed by atoms with Gasteiger partial charge in [0.15, 0.2) is 0 Å². The molecule has 2 N–H and O–H groups in total. The number of aromatic nitrogens is 2. The third-order valence-electron chi connectivity index (χ3n) is 3.24. The molecule has 0 bridgehead atoms. The van der Waals surface area contributed by atoms with Crippen LogP contribution in [0.4, 0.5) is 5.82 Å². The number of aryl methyl sites for hydroxylation is 1. The molecule has 0 saturated carbocycles. The third kappa shape index (κ3) is 1.70. The molecule has 1 aliphatic heterocycles. The van der Waals surface area contributed by atoms with Crippen molar-refractivity contribution >= 4 is 21.7 Å². The lowest BCUT2D eigenvalue weighted by molar-refractivity contribution is 0.253. The number of hydrogen-bond acceptors (Lipinski definition) is 3. The van der Waals surface area contributed by atoms with Crippen molar-refractivity contribution in [1.29, 1.82) is 0 Å². The van der Waals surface area contributed by atoms with E-state index in [1.165, 1.54) is 5.56 Å². The molecule has 1 unspecified atom stereocenters. The lowest BCUT2D eigenvalue weighted by Crippen LogP contribution is -2.05. The first-order valence-electron chi connectivity index (χ1n) is 5.83. The van der Waals surface area contributed by atoms with E-state index in [-0.39, 0.29) is 6.10 Å². The van der Waals surface area contributed by atoms with Crippen molar-refractivity contribution in [2.24, 2.45) is 7.05 Å². The van der Waals surface area contributed by atoms with Crippen molar-refractivity contribution in [2.75, 3.05) is 5.73 Å². The molecular weight excluding hydrogens is 294 g/mol. The Morgan fingerprint density at radius 1 is 1.50 bits per heavy atom. The van der Waals surface area contributed by atoms with Gasteiger partial charge in [-0.1, -0.05) is 0 Å². The number of ether oxygens (including phenoxy) is 1. The summed E-state index contributed by atoms with van der Waals surface area (Å²) in [4.78, 5) is 0. The molecule has 5 heteroatoms. The molecular formula is C13H14BrN3O. The average Bonchev–Trinajstić information content (AvgIpc) is 2.83. The minimum atomic E-state index is 0.234. The molecule has 0 amide bonds. The van der Waals surface area contributed by atoms with Crippen LogP contribution in [0.15, 0.2) is 22.8 Å². The number of anilines is 1. The van der Waals surface area contributed by atoms with Crippen LogP contribution in [0.25, 0.3) is 11.1 Å². The topological polar surface area (TPSA) is 53.1 Å². The van der Waals surface area contributed by atoms with Crippen LogP contribution >= 0.6 is 15.9 Å². The van der Waals surface area contributed by atoms with E-state index >= 15 is 0 Å². The summed E-state index contributed by atoms with van der Waals surface area (Å²) >= 11 is 3.56. The summed E-state index contributed by atoms with van der Waals surface area (Å²) < 4.78 is 8.42. The van der Waals surface area contributed by atoms with E-state index in [0.717, 1.165) is 27.8 Å². The van der Waals surface area contributed by atoms with Crippen LogP contribution in [0, 0.1) is 0 Å². The SMILES string of the molecule is CC1Cc2cc(-c3cnn(C)c3N)cc(Br)c2O1. The van der Waals surface area contributed by atoms with E-state index in [4.69, 9.17) is 10.5 Å². The monoisotopic (exact) mass is 307 g/mol. The Morgan fingerprint density at radius 2 is 2.28 bits per heavy atom. The van der Waals surface area contributed by atoms with Crippen molar-refractivity contribution in [2.45, 2.75) is 19.4 Å². The van der Waals surface area contributed by atoms with Gasteiger partial charge >= 0.3 is 0 Å². The molecule has 94 valence electrons. The van der Waals surface area contributed by atoms with E-state index in [9.17, 15) is 0 Å². The van der Waals surface area contributed by atoms with Gasteiger partial charge in [-0.05, 0) is 46.1 Å². The van der Waals surface area contributed by atoms with Crippen LogP contribution in [-0.4, -0.2) is 15.9 Å². The molecule has 2 aromatic rings. The molecule has 4 nitrogen and oxygen atoms in total. The first kappa shape index (κ1) is 11.6. The maximum atomic E-state index is 6.01. The van der Waals surface area contributed by atoms with Gasteiger partial charge in [0, 0.05) is 19.0 Å². The van der Waals surface area contributed by atoms with Crippen molar-refractivity contribution in [3.05, 3.63) is 28.4 Å². The third-order valence-corrected chi connectivity index (χ3v) is 3.83. The normalized spacial score (nSPS) is 17.6. The molecule has 18 heavy (non-hydrogen) atoms. The number of rotatable bonds is 1. The predicted molar refractivity (Wildman–Crippen MR) is 74.6 cm³/mol. The van der Waals surface area contributed by atoms with Crippen molar-refractivity contribution in [3.63, 3.8) is 0 Å². The number of halogens is 1. The fourth-order valence-corrected chi connectivity index (χ4v) is 2.91. The Morgan fingerprint density at radius 3 is 2.94 bits per heavy atom. The summed E-state index contributed by atoms with van der Waals surface area (Å²) in [7, 11) is 1.84. The van der Waals surface area contributed by atoms with Gasteiger partial charge in [-0.15, -0.1) is 0 Å². The van der Waals surface area contributed by atoms with Crippen molar-refractivity contribution in [3.8, 4) is 16.9 Å². The number of benzene rings is 1. The van der Waals surface area contributed by atoms with Crippen LogP contribution in [0.1, 0.15) is 12.5 Å². The Balaban J connectivity index is 2.13. The standard InChI is InChI=1S/C13H14BrN3O/c1-7-3-9-4-8(5-11(14)12(9)18-7)10-6-16-17(2)13(10)15/h4-7H,3,15H2,1-2H3. The minimum Gasteiger partial charge on any atom is -0.489 e. The van der Waals surface area contributed by atoms with Crippen molar-refractivity contribution < 1.29 is 4.74 Å². The van der Waals surface area contributed by atoms with E-state index < -0.39 is 0 Å². The Hall–Kier alpha value is -1.49. The molecule has 0 fully saturated rings. The minimum absolute atomic E-state index is 0.234. The maximum absolute atomic E-state index is 6.01. The highest BCUT2D eigenvalue weighted by Crippen LogP contribution is 2.40. The highest BCUT2D eigenvalue weighted by atomic mass is 79.9. The maximum Gasteiger partial charge on any atom is 0.137 e. The van der Waals surface area contributed by atoms with Crippen LogP contribution in [0.3, 0.4) is 0 Å². The second kappa shape index (κ2) is 4.02. The Labute approximate surface area is 114 Å². The van der Waals surface area contributed by atoms with E-state index in [1.807, 2.05) is 13.1 Å². The van der Waals surface area contributed by atoms with Crippen LogP contribution < -0.4 is 10.5 Å². The van der Waals surface area contributed by atoms with E-state index in [2.05, 4.69) is 34.0 Å². The van der Waals surface area contributed by atoms with Gasteiger partial charge in [-0.2, -0.15) is 5.10 Å². The summed E-state index contributed by atoms with van der Waals surface area (Å²) in [6.45, 7) is 2.07. The zero-order chi connectivity index (χ0) is 12.9. The second-order valence-corrected chi connectivity index (χ2v) is 5.50. The fourth-order valence-electron chi connectivity index (χ4n) is 2.31. The van der Waals surface area contributed by atoms with Crippen LogP contribution in [0.2, 0.25) is 0 Å². The quantitative estimate of drug-likeness (QED) is 0.881. The average molecular weight is 308 g/mol. The van der Waals surface area contributed by atoms with Gasteiger partial charge in [0.2, 0.25) is 0 Å². The zero-order valence-electron chi connectivity index (χ0n) is 10.3. The summed E-state index contributed by atoms with van der Waals surface area (Å²) in [6.07, 6.45) is 2.96. The number of nitrogens with zero attached hydrogens (tertiary/aromatic N) is 2. The van der Waals surface area contributed by atoms with Crippen molar-refractivity contribution in [1.82, 2.24) is 9.78 Å². The van der Waals surface area contributed by atoms with Gasteiger partial charge in [0.1, 0.15) is 17.7 Å². The highest BCUT2D eigenvalue weighted by Gasteiger charge is 2.23. The molecule has 0 saturated heterocycles. The van der Waals surface area contributed by atoms with Gasteiger partial charge in [-0.3, -0.25) is 4.68 Å². The van der Waals surface area contributed by atoms with E-state index in [0.29, 0.717) is 5.82 Å². The summed E-state index contributed by atoms with van der Waals surface area (Å²) in [5, 5.41) is 4.18. The molecule has 0 aliphatic carbocycles. The molecule has 3 rings (SSSR count). The Kier molecular flexibility index (Phi) is 2.59. The van der Waals surface area contributed by atoms with Crippen LogP contribution in [-0.2, 0) is 13.5 Å². The highest BCUT2D eigenvalue weighted by molar-refractivity contribution is 9.10. The summed E-state index contributed by atoms with van der Waals surface area (Å²) in [6, 6.07) is 4.17. The molecule has 2 heterocycles. The van der Waals surface area contributed by atoms with Crippen LogP contribution in [0.5, 0.6) is 5.75 Å². The number of hydrogen-bond donors (Lipinski definition) is 1. The first-order valence-corrected chi connectivity index (χ1v) is 6.62. The number of nitrogen functional groups attached to an aromatic ring is 1. The smallest absolute Gasteiger partial charge is 0.137 e. The predicted octanol–water partition coefficient (Wildman–Crippen LogP) is 2.76. The lowest BCUT2D eigenvalue weighted by Gasteiger charge is -2.07. The first-order chi connectivity index (χ1) is 8.56. The number of fused-ring (bicyclic) bond motifs is 1. The summed E-state index contributed by atoms with van der Waals surface area (Å²) in [5.41, 5.74) is 9.26. The van der Waals surface area contributed by atoms with Gasteiger partial charge < -0.3 is 10.5 Å². The van der Waals surface area contributed by atoms with Gasteiger partial charge in [0.25, 0.3) is 0 Å². The second-order valence-electron chi connectivity index (χ2n) is 4.65. The van der Waals surface area contributed by atoms with Gasteiger partial charge in [-0.25, -0.2) is 0 Å². The summed E-state index contributed by atoms with van der Waals surface area (Å²) in [5.74, 6) is 1.63. The molecule has 1 aromatic heterocycles. The number of nitrogens with two attached hydrogens (primary N) is 1. The molecule has 0 radical (unpaired) electrons. The Bertz CT molecular complexity index is 621. The fraction of sp³-hybridized carbons (Fsp3) is 0.308. The lowest BCUT2D eigenvalue weighted by atomic mass is 10.0. The molecule has 1 atom stereocenters. The largest absolute Gasteiger partial charge is 0.489 e. The molecule has 1 aromatic carbocycles. The van der Waals surface area contributed by atoms with E-state index in [1.54, 1.807) is 10.9 Å². The molecule has 0 spiro atoms.